The third-order valence-electron chi connectivity index (χ3n) is 3.43. The van der Waals surface area contributed by atoms with Crippen LogP contribution in [0.1, 0.15) is 55.4 Å². The van der Waals surface area contributed by atoms with Crippen molar-refractivity contribution in [2.45, 2.75) is 53.1 Å². The molecule has 0 bridgehead atoms. The molecule has 0 spiro atoms. The molecule has 110 valence electrons. The lowest BCUT2D eigenvalue weighted by molar-refractivity contribution is 0.493. The zero-order valence-electron chi connectivity index (χ0n) is 12.9. The average Bonchev–Trinajstić information content (AvgIpc) is 2.98. The van der Waals surface area contributed by atoms with E-state index in [1.807, 2.05) is 24.7 Å². The van der Waals surface area contributed by atoms with Gasteiger partial charge in [0, 0.05) is 23.9 Å². The summed E-state index contributed by atoms with van der Waals surface area (Å²) in [4.78, 5) is 0. The van der Waals surface area contributed by atoms with Crippen LogP contribution in [-0.4, -0.2) is 16.3 Å². The molecule has 4 heteroatoms. The van der Waals surface area contributed by atoms with Gasteiger partial charge in [-0.25, -0.2) is 0 Å². The fourth-order valence-electron chi connectivity index (χ4n) is 2.51. The Kier molecular flexibility index (Phi) is 5.01. The van der Waals surface area contributed by atoms with Crippen molar-refractivity contribution >= 4 is 0 Å². The highest BCUT2D eigenvalue weighted by Gasteiger charge is 2.20. The minimum Gasteiger partial charge on any atom is -0.466 e. The van der Waals surface area contributed by atoms with Gasteiger partial charge in [0.05, 0.1) is 12.2 Å². The maximum absolute atomic E-state index is 5.68. The van der Waals surface area contributed by atoms with Gasteiger partial charge in [-0.3, -0.25) is 4.68 Å². The Morgan fingerprint density at radius 2 is 2.10 bits per heavy atom. The second kappa shape index (κ2) is 6.75. The van der Waals surface area contributed by atoms with E-state index in [2.05, 4.69) is 36.5 Å². The van der Waals surface area contributed by atoms with Crippen LogP contribution in [-0.2, 0) is 6.54 Å². The van der Waals surface area contributed by atoms with Crippen molar-refractivity contribution in [3.05, 3.63) is 41.1 Å². The highest BCUT2D eigenvalue weighted by atomic mass is 16.3. The Morgan fingerprint density at radius 3 is 2.70 bits per heavy atom. The predicted octanol–water partition coefficient (Wildman–Crippen LogP) is 3.59. The standard InChI is InChI=1S/C16H25N3O/c1-5-7-17-16(15-9-12(3)20-13(15)4)14-10-18-19(11-14)8-6-2/h9-11,16-17H,5-8H2,1-4H3. The van der Waals surface area contributed by atoms with Gasteiger partial charge in [-0.15, -0.1) is 0 Å². The van der Waals surface area contributed by atoms with E-state index in [9.17, 15) is 0 Å². The number of furan rings is 1. The minimum atomic E-state index is 0.165. The molecule has 0 aromatic carbocycles. The van der Waals surface area contributed by atoms with Crippen LogP contribution < -0.4 is 5.32 Å². The Balaban J connectivity index is 2.28. The number of nitrogens with one attached hydrogen (secondary N) is 1. The average molecular weight is 275 g/mol. The normalized spacial score (nSPS) is 12.8. The van der Waals surface area contributed by atoms with Crippen molar-refractivity contribution in [1.29, 1.82) is 0 Å². The minimum absolute atomic E-state index is 0.165. The molecule has 0 aliphatic rings. The first kappa shape index (κ1) is 14.9. The van der Waals surface area contributed by atoms with Crippen LogP contribution in [0, 0.1) is 13.8 Å². The van der Waals surface area contributed by atoms with E-state index < -0.39 is 0 Å². The third-order valence-corrected chi connectivity index (χ3v) is 3.43. The topological polar surface area (TPSA) is 43.0 Å². The van der Waals surface area contributed by atoms with Gasteiger partial charge in [-0.1, -0.05) is 13.8 Å². The van der Waals surface area contributed by atoms with Crippen LogP contribution in [0.2, 0.25) is 0 Å². The SMILES string of the molecule is CCCNC(c1cnn(CCC)c1)c1cc(C)oc1C. The molecule has 2 aromatic rings. The number of aryl methyl sites for hydroxylation is 3. The number of hydrogen-bond acceptors (Lipinski definition) is 3. The first-order chi connectivity index (χ1) is 9.65. The van der Waals surface area contributed by atoms with E-state index in [1.165, 1.54) is 11.1 Å². The van der Waals surface area contributed by atoms with Gasteiger partial charge in [0.25, 0.3) is 0 Å². The highest BCUT2D eigenvalue weighted by molar-refractivity contribution is 5.32. The largest absolute Gasteiger partial charge is 0.466 e. The maximum Gasteiger partial charge on any atom is 0.106 e. The van der Waals surface area contributed by atoms with Crippen molar-refractivity contribution in [2.24, 2.45) is 0 Å². The van der Waals surface area contributed by atoms with Crippen molar-refractivity contribution in [2.75, 3.05) is 6.54 Å². The Hall–Kier alpha value is -1.55. The summed E-state index contributed by atoms with van der Waals surface area (Å²) in [6, 6.07) is 2.29. The van der Waals surface area contributed by atoms with Crippen LogP contribution in [0.25, 0.3) is 0 Å². The summed E-state index contributed by atoms with van der Waals surface area (Å²) in [6.07, 6.45) is 6.30. The summed E-state index contributed by atoms with van der Waals surface area (Å²) >= 11 is 0. The lowest BCUT2D eigenvalue weighted by Gasteiger charge is -2.16. The number of aromatic nitrogens is 2. The lowest BCUT2D eigenvalue weighted by atomic mass is 10.0. The molecule has 2 aromatic heterocycles. The molecule has 0 aliphatic carbocycles. The molecule has 0 fully saturated rings. The molecule has 0 amide bonds. The molecule has 1 atom stereocenters. The van der Waals surface area contributed by atoms with E-state index in [-0.39, 0.29) is 6.04 Å². The fraction of sp³-hybridized carbons (Fsp3) is 0.562. The van der Waals surface area contributed by atoms with Crippen LogP contribution in [0.15, 0.2) is 22.9 Å². The zero-order chi connectivity index (χ0) is 14.5. The van der Waals surface area contributed by atoms with Crippen LogP contribution in [0.5, 0.6) is 0 Å². The summed E-state index contributed by atoms with van der Waals surface area (Å²) in [5, 5.41) is 8.04. The zero-order valence-corrected chi connectivity index (χ0v) is 12.9. The van der Waals surface area contributed by atoms with Gasteiger partial charge in [0.1, 0.15) is 11.5 Å². The van der Waals surface area contributed by atoms with Crippen LogP contribution in [0.4, 0.5) is 0 Å². The van der Waals surface area contributed by atoms with Gasteiger partial charge in [-0.05, 0) is 39.3 Å². The number of hydrogen-bond donors (Lipinski definition) is 1. The maximum atomic E-state index is 5.68. The summed E-state index contributed by atoms with van der Waals surface area (Å²) in [6.45, 7) is 10.3. The van der Waals surface area contributed by atoms with Crippen molar-refractivity contribution < 1.29 is 4.42 Å². The molecule has 1 unspecified atom stereocenters. The molecule has 0 aliphatic heterocycles. The molecular weight excluding hydrogens is 250 g/mol. The lowest BCUT2D eigenvalue weighted by Crippen LogP contribution is -2.23. The fourth-order valence-corrected chi connectivity index (χ4v) is 2.51. The highest BCUT2D eigenvalue weighted by Crippen LogP contribution is 2.27. The molecule has 0 radical (unpaired) electrons. The van der Waals surface area contributed by atoms with Gasteiger partial charge in [0.15, 0.2) is 0 Å². The van der Waals surface area contributed by atoms with Gasteiger partial charge < -0.3 is 9.73 Å². The molecular formula is C16H25N3O. The predicted molar refractivity (Wildman–Crippen MR) is 80.8 cm³/mol. The van der Waals surface area contributed by atoms with E-state index in [0.717, 1.165) is 37.5 Å². The van der Waals surface area contributed by atoms with Crippen LogP contribution >= 0.6 is 0 Å². The second-order valence-corrected chi connectivity index (χ2v) is 5.29. The molecule has 20 heavy (non-hydrogen) atoms. The molecule has 2 rings (SSSR count). The monoisotopic (exact) mass is 275 g/mol. The Morgan fingerprint density at radius 1 is 1.30 bits per heavy atom. The molecule has 0 saturated heterocycles. The number of rotatable bonds is 7. The quantitative estimate of drug-likeness (QED) is 0.839. The smallest absolute Gasteiger partial charge is 0.106 e. The van der Waals surface area contributed by atoms with Crippen molar-refractivity contribution in [3.8, 4) is 0 Å². The van der Waals surface area contributed by atoms with Gasteiger partial charge in [0.2, 0.25) is 0 Å². The second-order valence-electron chi connectivity index (χ2n) is 5.29. The molecule has 1 N–H and O–H groups in total. The molecule has 0 saturated carbocycles. The Labute approximate surface area is 121 Å². The number of nitrogens with zero attached hydrogens (tertiary/aromatic N) is 2. The summed E-state index contributed by atoms with van der Waals surface area (Å²) in [5.74, 6) is 1.95. The summed E-state index contributed by atoms with van der Waals surface area (Å²) in [5.41, 5.74) is 2.42. The first-order valence-corrected chi connectivity index (χ1v) is 7.48. The van der Waals surface area contributed by atoms with E-state index in [0.29, 0.717) is 0 Å². The van der Waals surface area contributed by atoms with E-state index in [4.69, 9.17) is 4.42 Å². The molecule has 2 heterocycles. The van der Waals surface area contributed by atoms with E-state index in [1.54, 1.807) is 0 Å². The van der Waals surface area contributed by atoms with E-state index >= 15 is 0 Å². The third kappa shape index (κ3) is 3.31. The van der Waals surface area contributed by atoms with Crippen molar-refractivity contribution in [1.82, 2.24) is 15.1 Å². The first-order valence-electron chi connectivity index (χ1n) is 7.48. The van der Waals surface area contributed by atoms with Crippen molar-refractivity contribution in [3.63, 3.8) is 0 Å². The Bertz CT molecular complexity index is 542. The molecule has 4 nitrogen and oxygen atoms in total. The summed E-state index contributed by atoms with van der Waals surface area (Å²) in [7, 11) is 0. The van der Waals surface area contributed by atoms with Gasteiger partial charge in [-0.2, -0.15) is 5.10 Å². The summed E-state index contributed by atoms with van der Waals surface area (Å²) < 4.78 is 7.70. The van der Waals surface area contributed by atoms with Gasteiger partial charge >= 0.3 is 0 Å². The van der Waals surface area contributed by atoms with Crippen LogP contribution in [0.3, 0.4) is 0 Å².